The van der Waals surface area contributed by atoms with Crippen LogP contribution in [0.5, 0.6) is 0 Å². The minimum Gasteiger partial charge on any atom is -0.351 e. The smallest absolute Gasteiger partial charge is 0.251 e. The lowest BCUT2D eigenvalue weighted by atomic mass is 10.1. The normalized spacial score (nSPS) is 12.1. The number of thiazole rings is 1. The van der Waals surface area contributed by atoms with Gasteiger partial charge in [0.1, 0.15) is 0 Å². The summed E-state index contributed by atoms with van der Waals surface area (Å²) in [5, 5.41) is 7.39. The van der Waals surface area contributed by atoms with Crippen molar-refractivity contribution in [3.8, 4) is 0 Å². The third-order valence-electron chi connectivity index (χ3n) is 3.21. The highest BCUT2D eigenvalue weighted by atomic mass is 32.1. The van der Waals surface area contributed by atoms with Crippen molar-refractivity contribution in [3.63, 3.8) is 0 Å². The summed E-state index contributed by atoms with van der Waals surface area (Å²) in [6, 6.07) is 7.87. The second-order valence-electron chi connectivity index (χ2n) is 5.08. The Hall–Kier alpha value is -1.72. The molecule has 0 radical (unpaired) electrons. The molecule has 1 heterocycles. The van der Waals surface area contributed by atoms with Crippen LogP contribution < -0.4 is 10.6 Å². The Kier molecular flexibility index (Phi) is 5.47. The van der Waals surface area contributed by atoms with Gasteiger partial charge in [0.05, 0.1) is 5.01 Å². The average Bonchev–Trinajstić information content (AvgIpc) is 2.90. The molecule has 2 N–H and O–H groups in total. The van der Waals surface area contributed by atoms with E-state index in [2.05, 4.69) is 22.5 Å². The van der Waals surface area contributed by atoms with E-state index in [0.717, 1.165) is 17.1 Å². The van der Waals surface area contributed by atoms with Crippen molar-refractivity contribution < 1.29 is 4.79 Å². The lowest BCUT2D eigenvalue weighted by Gasteiger charge is -2.12. The highest BCUT2D eigenvalue weighted by Gasteiger charge is 2.08. The molecule has 0 saturated heterocycles. The predicted octanol–water partition coefficient (Wildman–Crippen LogP) is 2.84. The first kappa shape index (κ1) is 15.7. The molecule has 5 heteroatoms. The van der Waals surface area contributed by atoms with E-state index in [1.54, 1.807) is 11.3 Å². The summed E-state index contributed by atoms with van der Waals surface area (Å²) in [6.07, 6.45) is 1.91. The number of carbonyl (C=O) groups is 1. The Morgan fingerprint density at radius 1 is 1.33 bits per heavy atom. The van der Waals surface area contributed by atoms with Gasteiger partial charge in [0.2, 0.25) is 0 Å². The van der Waals surface area contributed by atoms with Crippen LogP contribution in [0.1, 0.15) is 38.8 Å². The topological polar surface area (TPSA) is 54.0 Å². The summed E-state index contributed by atoms with van der Waals surface area (Å²) < 4.78 is 0. The SMILES string of the molecule is Cc1cccc(C(=O)NCCN[C@@H](C)c2cnc(C)s2)c1. The molecule has 1 aromatic carbocycles. The quantitative estimate of drug-likeness (QED) is 0.807. The fourth-order valence-electron chi connectivity index (χ4n) is 2.03. The molecule has 4 nitrogen and oxygen atoms in total. The zero-order valence-electron chi connectivity index (χ0n) is 12.6. The van der Waals surface area contributed by atoms with Crippen LogP contribution in [-0.2, 0) is 0 Å². The van der Waals surface area contributed by atoms with Gasteiger partial charge in [-0.1, -0.05) is 17.7 Å². The van der Waals surface area contributed by atoms with Crippen molar-refractivity contribution in [2.24, 2.45) is 0 Å². The third-order valence-corrected chi connectivity index (χ3v) is 4.30. The lowest BCUT2D eigenvalue weighted by Crippen LogP contribution is -2.32. The molecule has 0 unspecified atom stereocenters. The molecule has 0 aliphatic carbocycles. The Balaban J connectivity index is 1.73. The first-order valence-electron chi connectivity index (χ1n) is 7.07. The summed E-state index contributed by atoms with van der Waals surface area (Å²) in [7, 11) is 0. The minimum atomic E-state index is -0.0261. The van der Waals surface area contributed by atoms with E-state index in [9.17, 15) is 4.79 Å². The maximum atomic E-state index is 12.0. The Bertz CT molecular complexity index is 609. The van der Waals surface area contributed by atoms with E-state index in [1.807, 2.05) is 44.3 Å². The van der Waals surface area contributed by atoms with Crippen LogP contribution in [0, 0.1) is 13.8 Å². The maximum Gasteiger partial charge on any atom is 0.251 e. The molecule has 0 aliphatic rings. The molecule has 0 fully saturated rings. The molecule has 2 aromatic rings. The number of nitrogens with one attached hydrogen (secondary N) is 2. The van der Waals surface area contributed by atoms with Crippen LogP contribution in [0.4, 0.5) is 0 Å². The fraction of sp³-hybridized carbons (Fsp3) is 0.375. The molecule has 0 bridgehead atoms. The zero-order valence-corrected chi connectivity index (χ0v) is 13.5. The highest BCUT2D eigenvalue weighted by molar-refractivity contribution is 7.11. The van der Waals surface area contributed by atoms with E-state index >= 15 is 0 Å². The molecular formula is C16H21N3OS. The minimum absolute atomic E-state index is 0.0261. The molecule has 0 spiro atoms. The largest absolute Gasteiger partial charge is 0.351 e. The van der Waals surface area contributed by atoms with Gasteiger partial charge in [-0.15, -0.1) is 11.3 Å². The summed E-state index contributed by atoms with van der Waals surface area (Å²) in [5.41, 5.74) is 1.80. The van der Waals surface area contributed by atoms with Crippen molar-refractivity contribution in [2.45, 2.75) is 26.8 Å². The molecular weight excluding hydrogens is 282 g/mol. The number of rotatable bonds is 6. The standard InChI is InChI=1S/C16H21N3OS/c1-11-5-4-6-14(9-11)16(20)18-8-7-17-12(2)15-10-19-13(3)21-15/h4-6,9-10,12,17H,7-8H2,1-3H3,(H,18,20)/t12-/m0/s1. The van der Waals surface area contributed by atoms with Crippen LogP contribution in [0.2, 0.25) is 0 Å². The number of benzene rings is 1. The van der Waals surface area contributed by atoms with E-state index in [-0.39, 0.29) is 11.9 Å². The molecule has 1 aromatic heterocycles. The van der Waals surface area contributed by atoms with Gasteiger partial charge in [-0.05, 0) is 32.9 Å². The van der Waals surface area contributed by atoms with Crippen molar-refractivity contribution in [3.05, 3.63) is 51.5 Å². The van der Waals surface area contributed by atoms with E-state index < -0.39 is 0 Å². The monoisotopic (exact) mass is 303 g/mol. The first-order valence-corrected chi connectivity index (χ1v) is 7.88. The van der Waals surface area contributed by atoms with E-state index in [0.29, 0.717) is 12.1 Å². The lowest BCUT2D eigenvalue weighted by molar-refractivity contribution is 0.0953. The second kappa shape index (κ2) is 7.33. The van der Waals surface area contributed by atoms with E-state index in [1.165, 1.54) is 4.88 Å². The van der Waals surface area contributed by atoms with Crippen molar-refractivity contribution >= 4 is 17.2 Å². The van der Waals surface area contributed by atoms with Gasteiger partial charge >= 0.3 is 0 Å². The molecule has 0 saturated carbocycles. The number of amides is 1. The number of aryl methyl sites for hydroxylation is 2. The number of nitrogens with zero attached hydrogens (tertiary/aromatic N) is 1. The Morgan fingerprint density at radius 3 is 2.81 bits per heavy atom. The Morgan fingerprint density at radius 2 is 2.14 bits per heavy atom. The number of hydrogen-bond acceptors (Lipinski definition) is 4. The van der Waals surface area contributed by atoms with Crippen molar-refractivity contribution in [1.29, 1.82) is 0 Å². The van der Waals surface area contributed by atoms with Crippen molar-refractivity contribution in [1.82, 2.24) is 15.6 Å². The molecule has 1 atom stereocenters. The van der Waals surface area contributed by atoms with Crippen LogP contribution in [-0.4, -0.2) is 24.0 Å². The first-order chi connectivity index (χ1) is 10.1. The summed E-state index contributed by atoms with van der Waals surface area (Å²) in [5.74, 6) is -0.0261. The van der Waals surface area contributed by atoms with Crippen molar-refractivity contribution in [2.75, 3.05) is 13.1 Å². The van der Waals surface area contributed by atoms with Crippen LogP contribution >= 0.6 is 11.3 Å². The molecule has 112 valence electrons. The van der Waals surface area contributed by atoms with E-state index in [4.69, 9.17) is 0 Å². The van der Waals surface area contributed by atoms with Gasteiger partial charge in [-0.3, -0.25) is 4.79 Å². The van der Waals surface area contributed by atoms with Gasteiger partial charge in [0.15, 0.2) is 0 Å². The number of aromatic nitrogens is 1. The molecule has 2 rings (SSSR count). The molecule has 21 heavy (non-hydrogen) atoms. The summed E-state index contributed by atoms with van der Waals surface area (Å²) in [6.45, 7) is 7.43. The maximum absolute atomic E-state index is 12.0. The third kappa shape index (κ3) is 4.65. The van der Waals surface area contributed by atoms with Crippen LogP contribution in [0.15, 0.2) is 30.5 Å². The molecule has 1 amide bonds. The second-order valence-corrected chi connectivity index (χ2v) is 6.35. The van der Waals surface area contributed by atoms with Crippen LogP contribution in [0.3, 0.4) is 0 Å². The fourth-order valence-corrected chi connectivity index (χ4v) is 2.84. The predicted molar refractivity (Wildman–Crippen MR) is 86.8 cm³/mol. The average molecular weight is 303 g/mol. The van der Waals surface area contributed by atoms with Gasteiger partial charge in [-0.25, -0.2) is 4.98 Å². The van der Waals surface area contributed by atoms with Crippen LogP contribution in [0.25, 0.3) is 0 Å². The number of carbonyl (C=O) groups excluding carboxylic acids is 1. The van der Waals surface area contributed by atoms with Gasteiger partial charge in [0, 0.05) is 35.8 Å². The van der Waals surface area contributed by atoms with Gasteiger partial charge < -0.3 is 10.6 Å². The summed E-state index contributed by atoms with van der Waals surface area (Å²) >= 11 is 1.70. The Labute approximate surface area is 129 Å². The number of hydrogen-bond donors (Lipinski definition) is 2. The van der Waals surface area contributed by atoms with Gasteiger partial charge in [-0.2, -0.15) is 0 Å². The van der Waals surface area contributed by atoms with Gasteiger partial charge in [0.25, 0.3) is 5.91 Å². The zero-order chi connectivity index (χ0) is 15.2. The summed E-state index contributed by atoms with van der Waals surface area (Å²) in [4.78, 5) is 17.4. The molecule has 0 aliphatic heterocycles. The highest BCUT2D eigenvalue weighted by Crippen LogP contribution is 2.19.